The molecule has 1 aromatic carbocycles. The Morgan fingerprint density at radius 1 is 1.24 bits per heavy atom. The Morgan fingerprint density at radius 2 is 2.00 bits per heavy atom. The molecule has 17 heavy (non-hydrogen) atoms. The van der Waals surface area contributed by atoms with Crippen molar-refractivity contribution >= 4 is 0 Å². The number of halogens is 2. The summed E-state index contributed by atoms with van der Waals surface area (Å²) in [6.45, 7) is 5.88. The first-order valence-corrected chi connectivity index (χ1v) is 5.95. The number of ether oxygens (including phenoxy) is 1. The van der Waals surface area contributed by atoms with E-state index in [-0.39, 0.29) is 6.04 Å². The number of hydrogen-bond donors (Lipinski definition) is 1. The maximum absolute atomic E-state index is 13.1. The molecule has 0 aliphatic carbocycles. The van der Waals surface area contributed by atoms with E-state index >= 15 is 0 Å². The Morgan fingerprint density at radius 3 is 2.59 bits per heavy atom. The first-order chi connectivity index (χ1) is 8.19. The van der Waals surface area contributed by atoms with Crippen LogP contribution in [0.3, 0.4) is 0 Å². The Kier molecular flexibility index (Phi) is 6.08. The summed E-state index contributed by atoms with van der Waals surface area (Å²) in [6, 6.07) is 3.86. The van der Waals surface area contributed by atoms with Crippen molar-refractivity contribution in [2.45, 2.75) is 26.3 Å². The van der Waals surface area contributed by atoms with Gasteiger partial charge in [-0.3, -0.25) is 0 Å². The van der Waals surface area contributed by atoms with Gasteiger partial charge in [0.25, 0.3) is 0 Å². The van der Waals surface area contributed by atoms with Crippen LogP contribution in [0.15, 0.2) is 18.2 Å². The predicted octanol–water partition coefficient (Wildman–Crippen LogP) is 3.04. The van der Waals surface area contributed by atoms with Crippen molar-refractivity contribution in [3.8, 4) is 0 Å². The molecule has 2 nitrogen and oxygen atoms in total. The quantitative estimate of drug-likeness (QED) is 0.743. The number of nitrogens with one attached hydrogen (secondary N) is 1. The van der Waals surface area contributed by atoms with Crippen LogP contribution in [0.4, 0.5) is 8.78 Å². The van der Waals surface area contributed by atoms with Gasteiger partial charge >= 0.3 is 0 Å². The van der Waals surface area contributed by atoms with Crippen LogP contribution >= 0.6 is 0 Å². The Balaban J connectivity index is 2.70. The summed E-state index contributed by atoms with van der Waals surface area (Å²) in [7, 11) is 0. The highest BCUT2D eigenvalue weighted by Crippen LogP contribution is 2.16. The van der Waals surface area contributed by atoms with Gasteiger partial charge in [-0.25, -0.2) is 8.78 Å². The topological polar surface area (TPSA) is 21.3 Å². The van der Waals surface area contributed by atoms with Gasteiger partial charge < -0.3 is 10.1 Å². The van der Waals surface area contributed by atoms with Crippen molar-refractivity contribution in [2.75, 3.05) is 19.8 Å². The average Bonchev–Trinajstić information content (AvgIpc) is 2.32. The summed E-state index contributed by atoms with van der Waals surface area (Å²) in [6.07, 6.45) is 0.941. The number of likely N-dealkylation sites (N-methyl/N-ethyl adjacent to an activating group) is 1. The second kappa shape index (κ2) is 7.35. The second-order valence-electron chi connectivity index (χ2n) is 3.86. The molecule has 0 bridgehead atoms. The lowest BCUT2D eigenvalue weighted by Crippen LogP contribution is -2.25. The molecule has 0 fully saturated rings. The van der Waals surface area contributed by atoms with E-state index < -0.39 is 11.6 Å². The fourth-order valence-electron chi connectivity index (χ4n) is 1.59. The molecule has 1 unspecified atom stereocenters. The highest BCUT2D eigenvalue weighted by atomic mass is 19.2. The summed E-state index contributed by atoms with van der Waals surface area (Å²) in [5, 5.41) is 3.19. The molecular weight excluding hydrogens is 224 g/mol. The standard InChI is InChI=1S/C13H19F2NO/c1-3-7-17-9-13(16-4-2)10-5-6-11(14)12(15)8-10/h5-6,8,13,16H,3-4,7,9H2,1-2H3. The minimum Gasteiger partial charge on any atom is -0.379 e. The van der Waals surface area contributed by atoms with Crippen molar-refractivity contribution in [3.63, 3.8) is 0 Å². The molecule has 0 aliphatic heterocycles. The van der Waals surface area contributed by atoms with Gasteiger partial charge in [0.1, 0.15) is 0 Å². The SMILES string of the molecule is CCCOCC(NCC)c1ccc(F)c(F)c1. The maximum atomic E-state index is 13.1. The summed E-state index contributed by atoms with van der Waals surface area (Å²) in [5.41, 5.74) is 0.710. The maximum Gasteiger partial charge on any atom is 0.159 e. The summed E-state index contributed by atoms with van der Waals surface area (Å²) in [5.74, 6) is -1.64. The van der Waals surface area contributed by atoms with Crippen LogP contribution in [-0.4, -0.2) is 19.8 Å². The lowest BCUT2D eigenvalue weighted by Gasteiger charge is -2.18. The molecule has 1 rings (SSSR count). The van der Waals surface area contributed by atoms with Crippen molar-refractivity contribution in [2.24, 2.45) is 0 Å². The minimum absolute atomic E-state index is 0.0957. The summed E-state index contributed by atoms with van der Waals surface area (Å²) in [4.78, 5) is 0. The molecule has 0 saturated heterocycles. The van der Waals surface area contributed by atoms with E-state index in [1.54, 1.807) is 6.07 Å². The first-order valence-electron chi connectivity index (χ1n) is 5.95. The fourth-order valence-corrected chi connectivity index (χ4v) is 1.59. The third-order valence-corrected chi connectivity index (χ3v) is 2.43. The summed E-state index contributed by atoms with van der Waals surface area (Å²) >= 11 is 0. The minimum atomic E-state index is -0.821. The van der Waals surface area contributed by atoms with Crippen molar-refractivity contribution in [1.82, 2.24) is 5.32 Å². The van der Waals surface area contributed by atoms with Crippen LogP contribution < -0.4 is 5.32 Å². The van der Waals surface area contributed by atoms with Crippen molar-refractivity contribution in [1.29, 1.82) is 0 Å². The molecule has 1 aromatic rings. The fraction of sp³-hybridized carbons (Fsp3) is 0.538. The van der Waals surface area contributed by atoms with Crippen LogP contribution in [0.2, 0.25) is 0 Å². The van der Waals surface area contributed by atoms with Crippen LogP contribution in [0.5, 0.6) is 0 Å². The molecule has 0 heterocycles. The van der Waals surface area contributed by atoms with Gasteiger partial charge in [0.2, 0.25) is 0 Å². The van der Waals surface area contributed by atoms with Crippen molar-refractivity contribution in [3.05, 3.63) is 35.4 Å². The van der Waals surface area contributed by atoms with E-state index in [2.05, 4.69) is 5.32 Å². The zero-order valence-corrected chi connectivity index (χ0v) is 10.3. The summed E-state index contributed by atoms with van der Waals surface area (Å²) < 4.78 is 31.4. The Labute approximate surface area is 101 Å². The highest BCUT2D eigenvalue weighted by molar-refractivity contribution is 5.21. The predicted molar refractivity (Wildman–Crippen MR) is 63.9 cm³/mol. The molecule has 0 saturated carbocycles. The number of benzene rings is 1. The normalized spacial score (nSPS) is 12.7. The van der Waals surface area contributed by atoms with Crippen LogP contribution in [0, 0.1) is 11.6 Å². The van der Waals surface area contributed by atoms with E-state index in [0.29, 0.717) is 18.8 Å². The molecule has 0 spiro atoms. The number of hydrogen-bond acceptors (Lipinski definition) is 2. The van der Waals surface area contributed by atoms with Gasteiger partial charge in [0.05, 0.1) is 12.6 Å². The smallest absolute Gasteiger partial charge is 0.159 e. The largest absolute Gasteiger partial charge is 0.379 e. The van der Waals surface area contributed by atoms with Gasteiger partial charge in [0, 0.05) is 6.61 Å². The molecule has 4 heteroatoms. The third-order valence-electron chi connectivity index (χ3n) is 2.43. The zero-order valence-electron chi connectivity index (χ0n) is 10.3. The monoisotopic (exact) mass is 243 g/mol. The molecule has 0 amide bonds. The zero-order chi connectivity index (χ0) is 12.7. The van der Waals surface area contributed by atoms with Crippen LogP contribution in [-0.2, 0) is 4.74 Å². The van der Waals surface area contributed by atoms with E-state index in [0.717, 1.165) is 19.0 Å². The van der Waals surface area contributed by atoms with E-state index in [9.17, 15) is 8.78 Å². The molecule has 0 radical (unpaired) electrons. The molecule has 0 aliphatic rings. The van der Waals surface area contributed by atoms with Crippen molar-refractivity contribution < 1.29 is 13.5 Å². The third kappa shape index (κ3) is 4.40. The van der Waals surface area contributed by atoms with Crippen LogP contribution in [0.25, 0.3) is 0 Å². The van der Waals surface area contributed by atoms with E-state index in [4.69, 9.17) is 4.74 Å². The lowest BCUT2D eigenvalue weighted by molar-refractivity contribution is 0.112. The average molecular weight is 243 g/mol. The van der Waals surface area contributed by atoms with Gasteiger partial charge in [-0.15, -0.1) is 0 Å². The van der Waals surface area contributed by atoms with E-state index in [1.165, 1.54) is 6.07 Å². The Hall–Kier alpha value is -1.00. The molecule has 96 valence electrons. The van der Waals surface area contributed by atoms with Gasteiger partial charge in [0.15, 0.2) is 11.6 Å². The lowest BCUT2D eigenvalue weighted by atomic mass is 10.1. The van der Waals surface area contributed by atoms with Crippen LogP contribution in [0.1, 0.15) is 31.9 Å². The van der Waals surface area contributed by atoms with E-state index in [1.807, 2.05) is 13.8 Å². The van der Waals surface area contributed by atoms with Gasteiger partial charge in [-0.1, -0.05) is 19.9 Å². The molecule has 0 aromatic heterocycles. The number of rotatable bonds is 7. The molecule has 1 N–H and O–H groups in total. The molecule has 1 atom stereocenters. The highest BCUT2D eigenvalue weighted by Gasteiger charge is 2.12. The van der Waals surface area contributed by atoms with Gasteiger partial charge in [-0.2, -0.15) is 0 Å². The first kappa shape index (κ1) is 14.1. The molecular formula is C13H19F2NO. The Bertz CT molecular complexity index is 344. The second-order valence-corrected chi connectivity index (χ2v) is 3.86. The van der Waals surface area contributed by atoms with Gasteiger partial charge in [-0.05, 0) is 30.7 Å².